The number of cyclic esters (lactones) is 1. The summed E-state index contributed by atoms with van der Waals surface area (Å²) >= 11 is 5.86. The van der Waals surface area contributed by atoms with E-state index >= 15 is 0 Å². The first-order chi connectivity index (χ1) is 14.5. The lowest BCUT2D eigenvalue weighted by Gasteiger charge is -2.05. The molecule has 30 heavy (non-hydrogen) atoms. The molecule has 0 atom stereocenters. The number of halogens is 2. The fourth-order valence-electron chi connectivity index (χ4n) is 2.70. The van der Waals surface area contributed by atoms with Gasteiger partial charge in [-0.25, -0.2) is 19.0 Å². The number of rotatable bonds is 4. The van der Waals surface area contributed by atoms with E-state index in [1.807, 2.05) is 0 Å². The van der Waals surface area contributed by atoms with Crippen LogP contribution in [0.2, 0.25) is 5.02 Å². The predicted octanol–water partition coefficient (Wildman–Crippen LogP) is 5.04. The summed E-state index contributed by atoms with van der Waals surface area (Å²) in [6.45, 7) is 0. The molecule has 0 aromatic heterocycles. The molecule has 0 unspecified atom stereocenters. The number of nitrogens with zero attached hydrogens (tertiary/aromatic N) is 1. The van der Waals surface area contributed by atoms with E-state index in [1.165, 1.54) is 30.3 Å². The highest BCUT2D eigenvalue weighted by atomic mass is 35.5. The molecule has 0 radical (unpaired) electrons. The lowest BCUT2D eigenvalue weighted by Crippen LogP contribution is -2.10. The molecular formula is C23H13ClFNO4. The van der Waals surface area contributed by atoms with E-state index in [0.717, 1.165) is 0 Å². The Kier molecular flexibility index (Phi) is 5.41. The summed E-state index contributed by atoms with van der Waals surface area (Å²) in [4.78, 5) is 28.4. The first kappa shape index (κ1) is 19.5. The molecule has 0 bridgehead atoms. The van der Waals surface area contributed by atoms with Crippen molar-refractivity contribution in [2.45, 2.75) is 0 Å². The Labute approximate surface area is 176 Å². The Morgan fingerprint density at radius 1 is 1.00 bits per heavy atom. The number of aliphatic imine (C=N–C) groups is 1. The van der Waals surface area contributed by atoms with Crippen molar-refractivity contribution in [1.29, 1.82) is 0 Å². The van der Waals surface area contributed by atoms with Gasteiger partial charge < -0.3 is 9.47 Å². The molecule has 148 valence electrons. The third-order valence-electron chi connectivity index (χ3n) is 4.20. The summed E-state index contributed by atoms with van der Waals surface area (Å²) in [6, 6.07) is 18.7. The maximum absolute atomic E-state index is 13.7. The minimum Gasteiger partial charge on any atom is -0.423 e. The van der Waals surface area contributed by atoms with E-state index in [9.17, 15) is 14.0 Å². The van der Waals surface area contributed by atoms with Crippen LogP contribution in [0.5, 0.6) is 5.75 Å². The molecule has 3 aromatic carbocycles. The molecule has 5 nitrogen and oxygen atoms in total. The number of hydrogen-bond donors (Lipinski definition) is 0. The van der Waals surface area contributed by atoms with Crippen molar-refractivity contribution in [1.82, 2.24) is 0 Å². The first-order valence-electron chi connectivity index (χ1n) is 8.85. The van der Waals surface area contributed by atoms with Crippen LogP contribution in [0.3, 0.4) is 0 Å². The van der Waals surface area contributed by atoms with Crippen LogP contribution in [-0.2, 0) is 9.53 Å². The van der Waals surface area contributed by atoms with E-state index in [2.05, 4.69) is 4.99 Å². The summed E-state index contributed by atoms with van der Waals surface area (Å²) in [7, 11) is 0. The van der Waals surface area contributed by atoms with E-state index in [-0.39, 0.29) is 22.9 Å². The van der Waals surface area contributed by atoms with Gasteiger partial charge in [0.25, 0.3) is 0 Å². The smallest absolute Gasteiger partial charge is 0.363 e. The van der Waals surface area contributed by atoms with Gasteiger partial charge in [0.05, 0.1) is 5.56 Å². The highest BCUT2D eigenvalue weighted by Crippen LogP contribution is 2.22. The SMILES string of the molecule is O=C1OC(c2ccc(Cl)cc2)=NC1=Cc1ccc(OC(=O)c2ccccc2F)cc1. The van der Waals surface area contributed by atoms with Crippen LogP contribution in [-0.4, -0.2) is 17.8 Å². The molecule has 0 spiro atoms. The van der Waals surface area contributed by atoms with Crippen molar-refractivity contribution in [2.24, 2.45) is 4.99 Å². The molecular weight excluding hydrogens is 409 g/mol. The number of carbonyl (C=O) groups is 2. The van der Waals surface area contributed by atoms with Gasteiger partial charge in [-0.2, -0.15) is 0 Å². The zero-order chi connectivity index (χ0) is 21.1. The highest BCUT2D eigenvalue weighted by molar-refractivity contribution is 6.30. The number of hydrogen-bond acceptors (Lipinski definition) is 5. The maximum Gasteiger partial charge on any atom is 0.363 e. The van der Waals surface area contributed by atoms with Crippen LogP contribution in [0.4, 0.5) is 4.39 Å². The Hall–Kier alpha value is -3.77. The van der Waals surface area contributed by atoms with Crippen LogP contribution >= 0.6 is 11.6 Å². The van der Waals surface area contributed by atoms with Crippen LogP contribution in [0.25, 0.3) is 6.08 Å². The molecule has 0 N–H and O–H groups in total. The summed E-state index contributed by atoms with van der Waals surface area (Å²) < 4.78 is 24.1. The highest BCUT2D eigenvalue weighted by Gasteiger charge is 2.24. The van der Waals surface area contributed by atoms with E-state index in [0.29, 0.717) is 16.1 Å². The normalized spacial score (nSPS) is 14.4. The molecule has 0 amide bonds. The quantitative estimate of drug-likeness (QED) is 0.336. The fourth-order valence-corrected chi connectivity index (χ4v) is 2.83. The van der Waals surface area contributed by atoms with Gasteiger partial charge in [0, 0.05) is 10.6 Å². The van der Waals surface area contributed by atoms with E-state index < -0.39 is 17.8 Å². The lowest BCUT2D eigenvalue weighted by molar-refractivity contribution is -0.129. The molecule has 0 fully saturated rings. The zero-order valence-electron chi connectivity index (χ0n) is 15.3. The van der Waals surface area contributed by atoms with Crippen molar-refractivity contribution in [3.63, 3.8) is 0 Å². The number of ether oxygens (including phenoxy) is 2. The van der Waals surface area contributed by atoms with Crippen LogP contribution in [0.1, 0.15) is 21.5 Å². The average Bonchev–Trinajstić information content (AvgIpc) is 3.10. The maximum atomic E-state index is 13.7. The van der Waals surface area contributed by atoms with Gasteiger partial charge in [-0.15, -0.1) is 0 Å². The second-order valence-corrected chi connectivity index (χ2v) is 6.72. The summed E-state index contributed by atoms with van der Waals surface area (Å²) in [5.41, 5.74) is 1.26. The Morgan fingerprint density at radius 2 is 1.70 bits per heavy atom. The summed E-state index contributed by atoms with van der Waals surface area (Å²) in [5.74, 6) is -1.59. The Balaban J connectivity index is 1.49. The molecule has 0 saturated heterocycles. The number of carbonyl (C=O) groups excluding carboxylic acids is 2. The third kappa shape index (κ3) is 4.29. The van der Waals surface area contributed by atoms with Crippen molar-refractivity contribution in [2.75, 3.05) is 0 Å². The van der Waals surface area contributed by atoms with Gasteiger partial charge in [-0.1, -0.05) is 35.9 Å². The molecule has 0 aliphatic carbocycles. The third-order valence-corrected chi connectivity index (χ3v) is 4.45. The van der Waals surface area contributed by atoms with Gasteiger partial charge in [-0.3, -0.25) is 0 Å². The fraction of sp³-hybridized carbons (Fsp3) is 0. The standard InChI is InChI=1S/C23H13ClFNO4/c24-16-9-7-15(8-10-16)21-26-20(23(28)30-21)13-14-5-11-17(12-6-14)29-22(27)18-3-1-2-4-19(18)25/h1-13H. The minimum absolute atomic E-state index is 0.135. The van der Waals surface area contributed by atoms with Gasteiger partial charge in [0.2, 0.25) is 5.90 Å². The average molecular weight is 422 g/mol. The minimum atomic E-state index is -0.796. The van der Waals surface area contributed by atoms with Gasteiger partial charge in [0.1, 0.15) is 11.6 Å². The molecule has 1 aliphatic rings. The van der Waals surface area contributed by atoms with Crippen LogP contribution < -0.4 is 4.74 Å². The topological polar surface area (TPSA) is 65.0 Å². The van der Waals surface area contributed by atoms with Crippen molar-refractivity contribution in [3.8, 4) is 5.75 Å². The van der Waals surface area contributed by atoms with E-state index in [1.54, 1.807) is 48.5 Å². The van der Waals surface area contributed by atoms with Crippen LogP contribution in [0, 0.1) is 5.82 Å². The van der Waals surface area contributed by atoms with E-state index in [4.69, 9.17) is 21.1 Å². The largest absolute Gasteiger partial charge is 0.423 e. The van der Waals surface area contributed by atoms with Crippen molar-refractivity contribution >= 4 is 35.5 Å². The van der Waals surface area contributed by atoms with Crippen molar-refractivity contribution in [3.05, 3.63) is 106 Å². The number of benzene rings is 3. The van der Waals surface area contributed by atoms with Crippen LogP contribution in [0.15, 0.2) is 83.5 Å². The molecule has 7 heteroatoms. The molecule has 1 heterocycles. The summed E-state index contributed by atoms with van der Waals surface area (Å²) in [6.07, 6.45) is 1.55. The molecule has 0 saturated carbocycles. The zero-order valence-corrected chi connectivity index (χ0v) is 16.1. The monoisotopic (exact) mass is 421 g/mol. The Bertz CT molecular complexity index is 1180. The summed E-state index contributed by atoms with van der Waals surface area (Å²) in [5, 5.41) is 0.565. The van der Waals surface area contributed by atoms with Gasteiger partial charge in [0.15, 0.2) is 5.70 Å². The molecule has 4 rings (SSSR count). The predicted molar refractivity (Wildman–Crippen MR) is 110 cm³/mol. The second kappa shape index (κ2) is 8.31. The lowest BCUT2D eigenvalue weighted by atomic mass is 10.2. The second-order valence-electron chi connectivity index (χ2n) is 6.28. The molecule has 1 aliphatic heterocycles. The van der Waals surface area contributed by atoms with Gasteiger partial charge >= 0.3 is 11.9 Å². The Morgan fingerprint density at radius 3 is 2.40 bits per heavy atom. The molecule has 3 aromatic rings. The number of esters is 2. The van der Waals surface area contributed by atoms with Crippen molar-refractivity contribution < 1.29 is 23.5 Å². The first-order valence-corrected chi connectivity index (χ1v) is 9.23. The van der Waals surface area contributed by atoms with Gasteiger partial charge in [-0.05, 0) is 60.2 Å².